The molecule has 1 aromatic heterocycles. The first-order chi connectivity index (χ1) is 20.5. The van der Waals surface area contributed by atoms with Crippen molar-refractivity contribution in [3.8, 4) is 0 Å². The lowest BCUT2D eigenvalue weighted by Gasteiger charge is -2.20. The van der Waals surface area contributed by atoms with Crippen LogP contribution in [0.15, 0.2) is 114 Å². The van der Waals surface area contributed by atoms with Crippen LogP contribution >= 0.6 is 11.3 Å². The molecule has 0 aliphatic rings. The summed E-state index contributed by atoms with van der Waals surface area (Å²) < 4.78 is 2.12. The maximum absolute atomic E-state index is 14.0. The largest absolute Gasteiger partial charge is 0.289 e. The van der Waals surface area contributed by atoms with Gasteiger partial charge in [-0.3, -0.25) is 9.59 Å². The molecule has 5 aromatic carbocycles. The Labute approximate surface area is 251 Å². The SMILES string of the molecule is CCc1ccc(C(c2ccc(C(=O)c3ccccc3)cc2)c2ccc3sc4c(CC)cc(CC)cc4c(=O)c3c2)cc1. The van der Waals surface area contributed by atoms with E-state index in [-0.39, 0.29) is 17.1 Å². The number of aryl methyl sites for hydroxylation is 3. The zero-order chi connectivity index (χ0) is 29.2. The van der Waals surface area contributed by atoms with Gasteiger partial charge in [-0.05, 0) is 70.8 Å². The summed E-state index contributed by atoms with van der Waals surface area (Å²) in [6.07, 6.45) is 2.79. The molecular weight excluding hydrogens is 532 g/mol. The molecule has 1 unspecified atom stereocenters. The fourth-order valence-electron chi connectivity index (χ4n) is 5.87. The molecule has 42 heavy (non-hydrogen) atoms. The standard InChI is InChI=1S/C39H34O2S/c1-4-25-12-14-28(15-13-25)36(29-16-18-31(19-17-29)37(40)30-10-8-7-9-11-30)32-20-21-35-33(24-32)38(41)34-23-26(5-2)22-27(6-3)39(34)42-35/h7-24,36H,4-6H2,1-3H3. The fraction of sp³-hybridized carbons (Fsp3) is 0.179. The molecule has 0 aliphatic carbocycles. The summed E-state index contributed by atoms with van der Waals surface area (Å²) in [4.78, 5) is 27.1. The third-order valence-corrected chi connectivity index (χ3v) is 9.58. The molecule has 6 aromatic rings. The van der Waals surface area contributed by atoms with Gasteiger partial charge in [-0.25, -0.2) is 0 Å². The second-order valence-corrected chi connectivity index (χ2v) is 11.9. The third-order valence-electron chi connectivity index (χ3n) is 8.32. The van der Waals surface area contributed by atoms with E-state index in [4.69, 9.17) is 0 Å². The topological polar surface area (TPSA) is 34.1 Å². The molecule has 1 heterocycles. The average molecular weight is 567 g/mol. The lowest BCUT2D eigenvalue weighted by molar-refractivity contribution is 0.103. The molecule has 0 bridgehead atoms. The zero-order valence-electron chi connectivity index (χ0n) is 24.3. The van der Waals surface area contributed by atoms with Gasteiger partial charge in [0.15, 0.2) is 11.2 Å². The highest BCUT2D eigenvalue weighted by Gasteiger charge is 2.20. The van der Waals surface area contributed by atoms with Gasteiger partial charge >= 0.3 is 0 Å². The van der Waals surface area contributed by atoms with Crippen molar-refractivity contribution in [1.82, 2.24) is 0 Å². The van der Waals surface area contributed by atoms with Crippen molar-refractivity contribution >= 4 is 37.3 Å². The smallest absolute Gasteiger partial charge is 0.195 e. The number of hydrogen-bond donors (Lipinski definition) is 0. The number of carbonyl (C=O) groups excluding carboxylic acids is 1. The molecule has 0 amide bonds. The van der Waals surface area contributed by atoms with Crippen molar-refractivity contribution in [2.75, 3.05) is 0 Å². The number of fused-ring (bicyclic) bond motifs is 2. The van der Waals surface area contributed by atoms with Crippen molar-refractivity contribution < 1.29 is 4.79 Å². The summed E-state index contributed by atoms with van der Waals surface area (Å²) in [6.45, 7) is 6.46. The number of benzene rings is 5. The van der Waals surface area contributed by atoms with Crippen LogP contribution in [0.1, 0.15) is 76.0 Å². The predicted molar refractivity (Wildman–Crippen MR) is 177 cm³/mol. The molecule has 0 radical (unpaired) electrons. The third kappa shape index (κ3) is 5.21. The van der Waals surface area contributed by atoms with Gasteiger partial charge in [0.2, 0.25) is 0 Å². The Bertz CT molecular complexity index is 1950. The van der Waals surface area contributed by atoms with E-state index in [0.717, 1.165) is 56.1 Å². The average Bonchev–Trinajstić information content (AvgIpc) is 3.05. The van der Waals surface area contributed by atoms with E-state index in [9.17, 15) is 9.59 Å². The summed E-state index contributed by atoms with van der Waals surface area (Å²) in [7, 11) is 0. The quantitative estimate of drug-likeness (QED) is 0.104. The highest BCUT2D eigenvalue weighted by atomic mass is 32.1. The van der Waals surface area contributed by atoms with Crippen molar-refractivity contribution in [3.63, 3.8) is 0 Å². The fourth-order valence-corrected chi connectivity index (χ4v) is 7.08. The summed E-state index contributed by atoms with van der Waals surface area (Å²) in [5, 5.41) is 1.60. The Kier molecular flexibility index (Phi) is 7.86. The Balaban J connectivity index is 1.49. The zero-order valence-corrected chi connectivity index (χ0v) is 25.1. The van der Waals surface area contributed by atoms with Crippen LogP contribution in [0, 0.1) is 0 Å². The van der Waals surface area contributed by atoms with Crippen LogP contribution in [0.5, 0.6) is 0 Å². The molecule has 0 spiro atoms. The summed E-state index contributed by atoms with van der Waals surface area (Å²) in [6, 6.07) is 36.8. The minimum absolute atomic E-state index is 0.0129. The van der Waals surface area contributed by atoms with Gasteiger partial charge in [0.1, 0.15) is 0 Å². The van der Waals surface area contributed by atoms with Gasteiger partial charge in [-0.2, -0.15) is 0 Å². The highest BCUT2D eigenvalue weighted by Crippen LogP contribution is 2.36. The molecule has 0 aliphatic heterocycles. The number of carbonyl (C=O) groups is 1. The van der Waals surface area contributed by atoms with Crippen LogP contribution < -0.4 is 5.43 Å². The molecule has 6 rings (SSSR count). The van der Waals surface area contributed by atoms with E-state index in [0.29, 0.717) is 11.1 Å². The molecule has 0 N–H and O–H groups in total. The van der Waals surface area contributed by atoms with E-state index in [1.807, 2.05) is 42.5 Å². The normalized spacial score (nSPS) is 12.1. The first kappa shape index (κ1) is 27.8. The number of hydrogen-bond acceptors (Lipinski definition) is 3. The van der Waals surface area contributed by atoms with Gasteiger partial charge in [0.05, 0.1) is 0 Å². The summed E-state index contributed by atoms with van der Waals surface area (Å²) in [5.41, 5.74) is 8.50. The monoisotopic (exact) mass is 566 g/mol. The Hall–Kier alpha value is -4.34. The molecule has 1 atom stereocenters. The van der Waals surface area contributed by atoms with E-state index < -0.39 is 0 Å². The van der Waals surface area contributed by atoms with Gasteiger partial charge in [0, 0.05) is 37.2 Å². The maximum Gasteiger partial charge on any atom is 0.195 e. The van der Waals surface area contributed by atoms with Crippen LogP contribution in [0.3, 0.4) is 0 Å². The molecule has 2 nitrogen and oxygen atoms in total. The Morgan fingerprint density at radius 2 is 1.24 bits per heavy atom. The first-order valence-electron chi connectivity index (χ1n) is 14.8. The van der Waals surface area contributed by atoms with Gasteiger partial charge < -0.3 is 0 Å². The lowest BCUT2D eigenvalue weighted by Crippen LogP contribution is -2.08. The van der Waals surface area contributed by atoms with Crippen molar-refractivity contribution in [2.45, 2.75) is 46.0 Å². The van der Waals surface area contributed by atoms with Crippen molar-refractivity contribution in [3.05, 3.63) is 164 Å². The molecular formula is C39H34O2S. The Morgan fingerprint density at radius 3 is 1.88 bits per heavy atom. The molecule has 0 fully saturated rings. The highest BCUT2D eigenvalue weighted by molar-refractivity contribution is 7.24. The first-order valence-corrected chi connectivity index (χ1v) is 15.6. The van der Waals surface area contributed by atoms with Gasteiger partial charge in [0.25, 0.3) is 0 Å². The van der Waals surface area contributed by atoms with Crippen LogP contribution in [-0.4, -0.2) is 5.78 Å². The summed E-state index contributed by atoms with van der Waals surface area (Å²) in [5.74, 6) is -0.0616. The van der Waals surface area contributed by atoms with Crippen LogP contribution in [0.2, 0.25) is 0 Å². The predicted octanol–water partition coefficient (Wildman–Crippen LogP) is 9.51. The second kappa shape index (κ2) is 11.9. The molecule has 0 saturated heterocycles. The van der Waals surface area contributed by atoms with Gasteiger partial charge in [-0.1, -0.05) is 112 Å². The molecule has 0 saturated carbocycles. The van der Waals surface area contributed by atoms with E-state index in [1.165, 1.54) is 16.7 Å². The van der Waals surface area contributed by atoms with Crippen molar-refractivity contribution in [2.24, 2.45) is 0 Å². The van der Waals surface area contributed by atoms with E-state index in [1.54, 1.807) is 11.3 Å². The van der Waals surface area contributed by atoms with E-state index in [2.05, 4.69) is 87.5 Å². The Morgan fingerprint density at radius 1 is 0.619 bits per heavy atom. The maximum atomic E-state index is 14.0. The van der Waals surface area contributed by atoms with Crippen molar-refractivity contribution in [1.29, 1.82) is 0 Å². The number of rotatable bonds is 8. The van der Waals surface area contributed by atoms with Gasteiger partial charge in [-0.15, -0.1) is 11.3 Å². The van der Waals surface area contributed by atoms with E-state index >= 15 is 0 Å². The van der Waals surface area contributed by atoms with Crippen LogP contribution in [0.25, 0.3) is 20.2 Å². The molecule has 208 valence electrons. The second-order valence-electron chi connectivity index (χ2n) is 10.9. The van der Waals surface area contributed by atoms with Crippen LogP contribution in [-0.2, 0) is 19.3 Å². The lowest BCUT2D eigenvalue weighted by atomic mass is 9.83. The molecule has 3 heteroatoms. The number of ketones is 1. The van der Waals surface area contributed by atoms with Crippen LogP contribution in [0.4, 0.5) is 0 Å². The minimum atomic E-state index is -0.0746. The summed E-state index contributed by atoms with van der Waals surface area (Å²) >= 11 is 1.72. The minimum Gasteiger partial charge on any atom is -0.289 e.